The lowest BCUT2D eigenvalue weighted by atomic mass is 10.1. The minimum Gasteiger partial charge on any atom is -0.444 e. The van der Waals surface area contributed by atoms with Gasteiger partial charge in [0.05, 0.1) is 5.69 Å². The van der Waals surface area contributed by atoms with E-state index in [4.69, 9.17) is 16.3 Å². The van der Waals surface area contributed by atoms with Gasteiger partial charge in [-0.2, -0.15) is 13.2 Å². The molecule has 1 saturated carbocycles. The lowest BCUT2D eigenvalue weighted by Gasteiger charge is -2.28. The van der Waals surface area contributed by atoms with E-state index in [1.54, 1.807) is 20.8 Å². The van der Waals surface area contributed by atoms with Gasteiger partial charge in [0.25, 0.3) is 0 Å². The summed E-state index contributed by atoms with van der Waals surface area (Å²) in [6.07, 6.45) is -4.66. The predicted molar refractivity (Wildman–Crippen MR) is 91.8 cm³/mol. The molecule has 2 rings (SSSR count). The van der Waals surface area contributed by atoms with Crippen molar-refractivity contribution in [1.82, 2.24) is 0 Å². The number of hydrogen-bond acceptors (Lipinski definition) is 3. The third-order valence-corrected chi connectivity index (χ3v) is 3.69. The van der Waals surface area contributed by atoms with E-state index < -0.39 is 29.0 Å². The van der Waals surface area contributed by atoms with E-state index in [1.807, 2.05) is 5.92 Å². The van der Waals surface area contributed by atoms with Crippen molar-refractivity contribution in [1.29, 1.82) is 0 Å². The van der Waals surface area contributed by atoms with Gasteiger partial charge in [0.2, 0.25) is 5.60 Å². The Morgan fingerprint density at radius 3 is 2.42 bits per heavy atom. The fourth-order valence-corrected chi connectivity index (χ4v) is 2.24. The number of anilines is 1. The van der Waals surface area contributed by atoms with Gasteiger partial charge in [0.15, 0.2) is 0 Å². The van der Waals surface area contributed by atoms with Crippen molar-refractivity contribution in [2.75, 3.05) is 5.32 Å². The third-order valence-electron chi connectivity index (χ3n) is 3.45. The van der Waals surface area contributed by atoms with Gasteiger partial charge in [0, 0.05) is 16.5 Å². The van der Waals surface area contributed by atoms with Gasteiger partial charge in [-0.1, -0.05) is 23.4 Å². The molecule has 1 atom stereocenters. The predicted octanol–water partition coefficient (Wildman–Crippen LogP) is 4.85. The minimum absolute atomic E-state index is 0.0364. The van der Waals surface area contributed by atoms with Crippen molar-refractivity contribution in [3.63, 3.8) is 0 Å². The van der Waals surface area contributed by atoms with Gasteiger partial charge in [-0.25, -0.2) is 4.79 Å². The van der Waals surface area contributed by atoms with E-state index in [1.165, 1.54) is 6.07 Å². The van der Waals surface area contributed by atoms with E-state index in [9.17, 15) is 23.1 Å². The number of hydrogen-bond donors (Lipinski definition) is 2. The normalized spacial score (nSPS) is 16.9. The molecular weight excluding hydrogens is 377 g/mol. The van der Waals surface area contributed by atoms with Gasteiger partial charge < -0.3 is 9.84 Å². The number of carbonyl (C=O) groups is 1. The molecule has 1 aliphatic rings. The van der Waals surface area contributed by atoms with Crippen LogP contribution in [0.1, 0.15) is 39.2 Å². The lowest BCUT2D eigenvalue weighted by molar-refractivity contribution is -0.240. The Hall–Kier alpha value is -1.91. The van der Waals surface area contributed by atoms with Crippen LogP contribution in [0.15, 0.2) is 18.2 Å². The second-order valence-electron chi connectivity index (χ2n) is 7.07. The van der Waals surface area contributed by atoms with E-state index >= 15 is 0 Å². The Labute approximate surface area is 154 Å². The molecule has 0 spiro atoms. The van der Waals surface area contributed by atoms with Crippen LogP contribution in [0.5, 0.6) is 0 Å². The smallest absolute Gasteiger partial charge is 0.433 e. The molecule has 1 aliphatic carbocycles. The molecule has 1 aromatic carbocycles. The Bertz CT molecular complexity index is 758. The molecule has 142 valence electrons. The molecule has 4 nitrogen and oxygen atoms in total. The molecule has 1 aromatic rings. The van der Waals surface area contributed by atoms with Gasteiger partial charge in [-0.05, 0) is 51.8 Å². The zero-order valence-electron chi connectivity index (χ0n) is 14.5. The van der Waals surface area contributed by atoms with Gasteiger partial charge in [-0.3, -0.25) is 5.32 Å². The minimum atomic E-state index is -5.09. The molecule has 1 unspecified atom stereocenters. The fourth-order valence-electron chi connectivity index (χ4n) is 2.06. The lowest BCUT2D eigenvalue weighted by Crippen LogP contribution is -2.42. The van der Waals surface area contributed by atoms with Crippen molar-refractivity contribution < 1.29 is 27.8 Å². The highest BCUT2D eigenvalue weighted by molar-refractivity contribution is 6.30. The summed E-state index contributed by atoms with van der Waals surface area (Å²) < 4.78 is 46.0. The van der Waals surface area contributed by atoms with E-state index in [0.29, 0.717) is 12.8 Å². The summed E-state index contributed by atoms with van der Waals surface area (Å²) in [5, 5.41) is 12.6. The number of benzene rings is 1. The highest BCUT2D eigenvalue weighted by atomic mass is 35.5. The quantitative estimate of drug-likeness (QED) is 0.704. The molecule has 2 N–H and O–H groups in total. The molecule has 26 heavy (non-hydrogen) atoms. The standard InChI is InChI=1S/C18H19ClF3NO3/c1-16(2,3)26-15(24)23-14-7-6-12(19)10-13(14)17(25,18(20,21)22)9-8-11-4-5-11/h6-7,10-11,25H,4-5H2,1-3H3,(H,23,24)/i6+1,7+1,10+1,12+1,13+1,14+1. The van der Waals surface area contributed by atoms with Crippen molar-refractivity contribution in [2.24, 2.45) is 5.92 Å². The average molecular weight is 396 g/mol. The van der Waals surface area contributed by atoms with Crippen LogP contribution in [-0.4, -0.2) is 23.0 Å². The van der Waals surface area contributed by atoms with E-state index in [2.05, 4.69) is 11.2 Å². The van der Waals surface area contributed by atoms with Crippen LogP contribution >= 0.6 is 11.6 Å². The maximum absolute atomic E-state index is 13.6. The number of carbonyl (C=O) groups excluding carboxylic acids is 1. The van der Waals surface area contributed by atoms with Crippen molar-refractivity contribution in [2.45, 2.75) is 51.0 Å². The molecule has 0 aromatic heterocycles. The van der Waals surface area contributed by atoms with Crippen LogP contribution in [0.3, 0.4) is 0 Å². The monoisotopic (exact) mass is 395 g/mol. The Morgan fingerprint density at radius 2 is 1.92 bits per heavy atom. The number of amides is 1. The second kappa shape index (κ2) is 7.01. The Morgan fingerprint density at radius 1 is 1.31 bits per heavy atom. The van der Waals surface area contributed by atoms with Gasteiger partial charge in [-0.15, -0.1) is 0 Å². The summed E-state index contributed by atoms with van der Waals surface area (Å²) in [4.78, 5) is 12.0. The van der Waals surface area contributed by atoms with Crippen molar-refractivity contribution in [3.05, 3.63) is 28.8 Å². The van der Waals surface area contributed by atoms with Crippen LogP contribution in [0, 0.1) is 17.8 Å². The molecule has 0 radical (unpaired) electrons. The highest BCUT2D eigenvalue weighted by Crippen LogP contribution is 2.43. The zero-order valence-corrected chi connectivity index (χ0v) is 15.3. The van der Waals surface area contributed by atoms with Crippen LogP contribution in [0.4, 0.5) is 23.7 Å². The average Bonchev–Trinajstić information content (AvgIpc) is 3.27. The Kier molecular flexibility index (Phi) is 5.50. The molecule has 1 amide bonds. The van der Waals surface area contributed by atoms with Crippen LogP contribution < -0.4 is 5.32 Å². The first-order valence-electron chi connectivity index (χ1n) is 7.94. The fraction of sp³-hybridized carbons (Fsp3) is 0.500. The first kappa shape index (κ1) is 20.4. The van der Waals surface area contributed by atoms with Crippen LogP contribution in [-0.2, 0) is 10.3 Å². The van der Waals surface area contributed by atoms with Crippen molar-refractivity contribution in [3.8, 4) is 11.8 Å². The topological polar surface area (TPSA) is 58.6 Å². The summed E-state index contributed by atoms with van der Waals surface area (Å²) >= 11 is 5.82. The molecule has 0 aliphatic heterocycles. The summed E-state index contributed by atoms with van der Waals surface area (Å²) in [7, 11) is 0. The van der Waals surface area contributed by atoms with Crippen LogP contribution in [0.25, 0.3) is 0 Å². The first-order valence-corrected chi connectivity index (χ1v) is 8.31. The van der Waals surface area contributed by atoms with Crippen molar-refractivity contribution >= 4 is 23.4 Å². The Balaban J connectivity index is 2.47. The maximum atomic E-state index is 13.6. The molecule has 0 saturated heterocycles. The summed E-state index contributed by atoms with van der Waals surface area (Å²) in [5.74, 6) is 4.20. The second-order valence-corrected chi connectivity index (χ2v) is 7.51. The summed E-state index contributed by atoms with van der Waals surface area (Å²) in [5.41, 5.74) is -5.25. The molecule has 1 fully saturated rings. The number of ether oxygens (including phenoxy) is 1. The summed E-state index contributed by atoms with van der Waals surface area (Å²) in [6, 6.07) is 3.39. The number of rotatable bonds is 2. The number of nitrogens with one attached hydrogen (secondary N) is 1. The zero-order chi connectivity index (χ0) is 19.8. The van der Waals surface area contributed by atoms with Crippen LogP contribution in [0.2, 0.25) is 5.02 Å². The van der Waals surface area contributed by atoms with Gasteiger partial charge in [0.1, 0.15) is 5.60 Å². The van der Waals surface area contributed by atoms with Gasteiger partial charge >= 0.3 is 12.3 Å². The number of aliphatic hydroxyl groups is 1. The largest absolute Gasteiger partial charge is 0.444 e. The maximum Gasteiger partial charge on any atom is 0.433 e. The molecule has 0 bridgehead atoms. The molecule has 0 heterocycles. The SMILES string of the molecule is CC(C)(C)OC(=O)N[13c]1[13cH][13cH][13c](Cl)[13cH][13c]1C(O)(C#CC1CC1)C(F)(F)F. The first-order chi connectivity index (χ1) is 11.8. The summed E-state index contributed by atoms with van der Waals surface area (Å²) in [6.45, 7) is 4.84. The molecular formula is C18H19ClF3NO3. The highest BCUT2D eigenvalue weighted by Gasteiger charge is 2.55. The number of halogens is 4. The third kappa shape index (κ3) is 5.05. The van der Waals surface area contributed by atoms with E-state index in [0.717, 1.165) is 12.1 Å². The molecule has 8 heteroatoms. The number of alkyl halides is 3. The van der Waals surface area contributed by atoms with E-state index in [-0.39, 0.29) is 16.6 Å².